The van der Waals surface area contributed by atoms with Crippen molar-refractivity contribution in [2.45, 2.75) is 16.8 Å². The highest BCUT2D eigenvalue weighted by Crippen LogP contribution is 2.35. The number of thiophene rings is 1. The molecule has 3 nitrogen and oxygen atoms in total. The standard InChI is InChI=1S/C14H12FN3S2/c1-8-7-11-12(19-8)17-14(16-2)18-13(11)20-10-5-3-9(15)4-6-10/h3-7H,1-2H3,(H,16,17,18). The van der Waals surface area contributed by atoms with Crippen LogP contribution in [0.1, 0.15) is 4.88 Å². The van der Waals surface area contributed by atoms with E-state index in [1.165, 1.54) is 28.8 Å². The minimum Gasteiger partial charge on any atom is -0.357 e. The highest BCUT2D eigenvalue weighted by Gasteiger charge is 2.11. The number of hydrogen-bond acceptors (Lipinski definition) is 5. The lowest BCUT2D eigenvalue weighted by molar-refractivity contribution is 0.626. The van der Waals surface area contributed by atoms with E-state index in [2.05, 4.69) is 28.3 Å². The molecule has 0 bridgehead atoms. The summed E-state index contributed by atoms with van der Waals surface area (Å²) in [6.45, 7) is 2.05. The summed E-state index contributed by atoms with van der Waals surface area (Å²) in [6, 6.07) is 8.51. The van der Waals surface area contributed by atoms with Crippen molar-refractivity contribution in [1.82, 2.24) is 9.97 Å². The Labute approximate surface area is 124 Å². The zero-order valence-corrected chi connectivity index (χ0v) is 12.6. The summed E-state index contributed by atoms with van der Waals surface area (Å²) in [5.74, 6) is 0.369. The Morgan fingerprint density at radius 2 is 1.95 bits per heavy atom. The average molecular weight is 305 g/mol. The Morgan fingerprint density at radius 3 is 2.65 bits per heavy atom. The molecule has 0 saturated heterocycles. The van der Waals surface area contributed by atoms with Crippen molar-refractivity contribution in [3.63, 3.8) is 0 Å². The molecule has 0 unspecified atom stereocenters. The van der Waals surface area contributed by atoms with E-state index in [1.54, 1.807) is 30.5 Å². The van der Waals surface area contributed by atoms with Gasteiger partial charge in [-0.1, -0.05) is 11.8 Å². The Bertz CT molecular complexity index is 753. The van der Waals surface area contributed by atoms with E-state index in [9.17, 15) is 4.39 Å². The number of anilines is 1. The highest BCUT2D eigenvalue weighted by atomic mass is 32.2. The molecule has 0 atom stereocenters. The van der Waals surface area contributed by atoms with Crippen LogP contribution in [0.3, 0.4) is 0 Å². The Balaban J connectivity index is 2.06. The van der Waals surface area contributed by atoms with Crippen LogP contribution in [0.25, 0.3) is 10.2 Å². The minimum absolute atomic E-state index is 0.232. The summed E-state index contributed by atoms with van der Waals surface area (Å²) >= 11 is 3.16. The summed E-state index contributed by atoms with van der Waals surface area (Å²) in [6.07, 6.45) is 0. The molecule has 2 aromatic heterocycles. The first kappa shape index (κ1) is 13.3. The predicted molar refractivity (Wildman–Crippen MR) is 82.2 cm³/mol. The van der Waals surface area contributed by atoms with Crippen LogP contribution in [0.4, 0.5) is 10.3 Å². The van der Waals surface area contributed by atoms with Crippen LogP contribution in [-0.2, 0) is 0 Å². The molecule has 0 saturated carbocycles. The van der Waals surface area contributed by atoms with Crippen molar-refractivity contribution in [1.29, 1.82) is 0 Å². The lowest BCUT2D eigenvalue weighted by Gasteiger charge is -2.05. The SMILES string of the molecule is CNc1nc(Sc2ccc(F)cc2)c2cc(C)sc2n1. The van der Waals surface area contributed by atoms with Gasteiger partial charge in [0.15, 0.2) is 0 Å². The van der Waals surface area contributed by atoms with Gasteiger partial charge in [-0.2, -0.15) is 0 Å². The van der Waals surface area contributed by atoms with E-state index in [0.29, 0.717) is 5.95 Å². The third kappa shape index (κ3) is 2.62. The Hall–Kier alpha value is -1.66. The van der Waals surface area contributed by atoms with Gasteiger partial charge in [0, 0.05) is 22.2 Å². The van der Waals surface area contributed by atoms with Gasteiger partial charge in [0.1, 0.15) is 15.7 Å². The maximum absolute atomic E-state index is 13.0. The smallest absolute Gasteiger partial charge is 0.224 e. The molecule has 0 amide bonds. The predicted octanol–water partition coefficient (Wildman–Crippen LogP) is 4.33. The van der Waals surface area contributed by atoms with Crippen LogP contribution in [0.15, 0.2) is 40.3 Å². The molecular weight excluding hydrogens is 293 g/mol. The monoisotopic (exact) mass is 305 g/mol. The Morgan fingerprint density at radius 1 is 1.20 bits per heavy atom. The minimum atomic E-state index is -0.232. The molecule has 1 N–H and O–H groups in total. The summed E-state index contributed by atoms with van der Waals surface area (Å²) in [4.78, 5) is 12.1. The summed E-state index contributed by atoms with van der Waals surface area (Å²) < 4.78 is 13.0. The summed E-state index contributed by atoms with van der Waals surface area (Å²) in [7, 11) is 1.80. The maximum atomic E-state index is 13.0. The van der Waals surface area contributed by atoms with Gasteiger partial charge in [-0.05, 0) is 37.3 Å². The van der Waals surface area contributed by atoms with Gasteiger partial charge in [0.05, 0.1) is 0 Å². The number of nitrogens with one attached hydrogen (secondary N) is 1. The number of aromatic nitrogens is 2. The molecule has 102 valence electrons. The van der Waals surface area contributed by atoms with Crippen LogP contribution in [0.5, 0.6) is 0 Å². The third-order valence-electron chi connectivity index (χ3n) is 2.73. The van der Waals surface area contributed by atoms with Gasteiger partial charge in [-0.25, -0.2) is 14.4 Å². The van der Waals surface area contributed by atoms with E-state index in [0.717, 1.165) is 20.1 Å². The second kappa shape index (κ2) is 5.38. The fourth-order valence-electron chi connectivity index (χ4n) is 1.82. The van der Waals surface area contributed by atoms with Gasteiger partial charge in [0.2, 0.25) is 5.95 Å². The number of benzene rings is 1. The van der Waals surface area contributed by atoms with Gasteiger partial charge in [0.25, 0.3) is 0 Å². The second-order valence-corrected chi connectivity index (χ2v) is 6.53. The quantitative estimate of drug-likeness (QED) is 0.731. The molecule has 6 heteroatoms. The number of halogens is 1. The molecule has 0 aliphatic heterocycles. The normalized spacial score (nSPS) is 10.9. The van der Waals surface area contributed by atoms with Crippen molar-refractivity contribution in [2.24, 2.45) is 0 Å². The van der Waals surface area contributed by atoms with E-state index in [1.807, 2.05) is 0 Å². The van der Waals surface area contributed by atoms with Crippen molar-refractivity contribution in [3.8, 4) is 0 Å². The van der Waals surface area contributed by atoms with Crippen molar-refractivity contribution in [2.75, 3.05) is 12.4 Å². The van der Waals surface area contributed by atoms with Crippen molar-refractivity contribution >= 4 is 39.3 Å². The number of hydrogen-bond donors (Lipinski definition) is 1. The number of fused-ring (bicyclic) bond motifs is 1. The fraction of sp³-hybridized carbons (Fsp3) is 0.143. The van der Waals surface area contributed by atoms with Gasteiger partial charge in [-0.3, -0.25) is 0 Å². The van der Waals surface area contributed by atoms with Crippen molar-refractivity contribution < 1.29 is 4.39 Å². The molecule has 0 spiro atoms. The molecular formula is C14H12FN3S2. The molecule has 0 fully saturated rings. The zero-order valence-electron chi connectivity index (χ0n) is 11.0. The average Bonchev–Trinajstić information content (AvgIpc) is 2.81. The van der Waals surface area contributed by atoms with E-state index in [-0.39, 0.29) is 5.82 Å². The molecule has 2 heterocycles. The lowest BCUT2D eigenvalue weighted by atomic mass is 10.3. The topological polar surface area (TPSA) is 37.8 Å². The largest absolute Gasteiger partial charge is 0.357 e. The number of aryl methyl sites for hydroxylation is 1. The Kier molecular flexibility index (Phi) is 3.58. The van der Waals surface area contributed by atoms with Crippen LogP contribution in [0, 0.1) is 12.7 Å². The number of nitrogens with zero attached hydrogens (tertiary/aromatic N) is 2. The lowest BCUT2D eigenvalue weighted by Crippen LogP contribution is -1.96. The molecule has 20 heavy (non-hydrogen) atoms. The van der Waals surface area contributed by atoms with Gasteiger partial charge in [-0.15, -0.1) is 11.3 Å². The zero-order chi connectivity index (χ0) is 14.1. The van der Waals surface area contributed by atoms with Crippen molar-refractivity contribution in [3.05, 3.63) is 41.0 Å². The first-order chi connectivity index (χ1) is 9.65. The molecule has 0 aliphatic carbocycles. The number of rotatable bonds is 3. The molecule has 0 radical (unpaired) electrons. The molecule has 3 rings (SSSR count). The van der Waals surface area contributed by atoms with E-state index < -0.39 is 0 Å². The van der Waals surface area contributed by atoms with Crippen LogP contribution < -0.4 is 5.32 Å². The first-order valence-corrected chi connectivity index (χ1v) is 7.68. The van der Waals surface area contributed by atoms with E-state index >= 15 is 0 Å². The molecule has 0 aliphatic rings. The molecule has 3 aromatic rings. The third-order valence-corrected chi connectivity index (χ3v) is 4.69. The van der Waals surface area contributed by atoms with E-state index in [4.69, 9.17) is 0 Å². The summed E-state index contributed by atoms with van der Waals surface area (Å²) in [5.41, 5.74) is 0. The molecule has 1 aromatic carbocycles. The van der Waals surface area contributed by atoms with Gasteiger partial charge < -0.3 is 5.32 Å². The second-order valence-electron chi connectivity index (χ2n) is 4.23. The van der Waals surface area contributed by atoms with Crippen LogP contribution in [-0.4, -0.2) is 17.0 Å². The highest BCUT2D eigenvalue weighted by molar-refractivity contribution is 7.99. The first-order valence-electron chi connectivity index (χ1n) is 6.05. The van der Waals surface area contributed by atoms with Gasteiger partial charge >= 0.3 is 0 Å². The van der Waals surface area contributed by atoms with Crippen LogP contribution in [0.2, 0.25) is 0 Å². The fourth-order valence-corrected chi connectivity index (χ4v) is 3.66. The van der Waals surface area contributed by atoms with Crippen LogP contribution >= 0.6 is 23.1 Å². The summed E-state index contributed by atoms with van der Waals surface area (Å²) in [5, 5.41) is 4.90. The maximum Gasteiger partial charge on any atom is 0.224 e.